The number of furan rings is 1. The van der Waals surface area contributed by atoms with E-state index in [9.17, 15) is 14.7 Å². The topological polar surface area (TPSA) is 91.9 Å². The number of aliphatic imine (C=N–C) groups is 1. The van der Waals surface area contributed by atoms with E-state index in [1.165, 1.54) is 17.8 Å². The first kappa shape index (κ1) is 19.2. The van der Waals surface area contributed by atoms with Gasteiger partial charge in [-0.15, -0.1) is 0 Å². The van der Waals surface area contributed by atoms with Gasteiger partial charge in [0.15, 0.2) is 5.17 Å². The van der Waals surface area contributed by atoms with E-state index >= 15 is 0 Å². The van der Waals surface area contributed by atoms with E-state index in [0.29, 0.717) is 32.8 Å². The number of hydrogen-bond donors (Lipinski definition) is 2. The normalized spacial score (nSPS) is 16.4. The minimum absolute atomic E-state index is 0.150. The molecular weight excluding hydrogens is 456 g/mol. The molecule has 1 aliphatic heterocycles. The van der Waals surface area contributed by atoms with Crippen LogP contribution < -0.4 is 5.32 Å². The molecule has 4 rings (SSSR count). The van der Waals surface area contributed by atoms with Crippen LogP contribution in [0.1, 0.15) is 16.1 Å². The molecule has 2 N–H and O–H groups in total. The second-order valence-corrected chi connectivity index (χ2v) is 7.96. The van der Waals surface area contributed by atoms with Crippen molar-refractivity contribution in [1.82, 2.24) is 5.32 Å². The highest BCUT2D eigenvalue weighted by Gasteiger charge is 2.24. The van der Waals surface area contributed by atoms with Gasteiger partial charge in [-0.3, -0.25) is 4.79 Å². The number of amides is 1. The molecule has 1 fully saturated rings. The number of carbonyl (C=O) groups is 2. The van der Waals surface area contributed by atoms with Crippen LogP contribution in [0, 0.1) is 0 Å². The van der Waals surface area contributed by atoms with Gasteiger partial charge in [-0.05, 0) is 48.2 Å². The lowest BCUT2D eigenvalue weighted by Crippen LogP contribution is -2.19. The largest absolute Gasteiger partial charge is 0.478 e. The number of carboxylic acids is 1. The van der Waals surface area contributed by atoms with Gasteiger partial charge in [-0.1, -0.05) is 40.2 Å². The van der Waals surface area contributed by atoms with Crippen molar-refractivity contribution in [3.8, 4) is 11.3 Å². The number of thioether (sulfide) groups is 1. The van der Waals surface area contributed by atoms with Gasteiger partial charge in [0.25, 0.3) is 5.91 Å². The highest BCUT2D eigenvalue weighted by molar-refractivity contribution is 9.10. The van der Waals surface area contributed by atoms with E-state index in [-0.39, 0.29) is 11.5 Å². The molecule has 0 unspecified atom stereocenters. The summed E-state index contributed by atoms with van der Waals surface area (Å²) in [5.41, 5.74) is 1.34. The fraction of sp³-hybridized carbons (Fsp3) is 0. The minimum Gasteiger partial charge on any atom is -0.478 e. The van der Waals surface area contributed by atoms with Gasteiger partial charge in [0.05, 0.1) is 16.2 Å². The molecule has 0 aliphatic carbocycles. The molecule has 144 valence electrons. The zero-order valence-corrected chi connectivity index (χ0v) is 17.2. The molecule has 2 heterocycles. The smallest absolute Gasteiger partial charge is 0.336 e. The van der Waals surface area contributed by atoms with Gasteiger partial charge in [-0.2, -0.15) is 0 Å². The maximum atomic E-state index is 12.3. The number of hydrogen-bond acceptors (Lipinski definition) is 5. The number of benzene rings is 2. The summed E-state index contributed by atoms with van der Waals surface area (Å²) in [5.74, 6) is -0.438. The van der Waals surface area contributed by atoms with Crippen LogP contribution in [0.4, 0.5) is 5.69 Å². The summed E-state index contributed by atoms with van der Waals surface area (Å²) < 4.78 is 6.66. The van der Waals surface area contributed by atoms with E-state index in [4.69, 9.17) is 4.42 Å². The Labute approximate surface area is 178 Å². The molecule has 0 saturated carbocycles. The number of carboxylic acid groups (broad SMARTS) is 1. The van der Waals surface area contributed by atoms with Crippen LogP contribution in [-0.2, 0) is 4.79 Å². The third kappa shape index (κ3) is 4.33. The fourth-order valence-corrected chi connectivity index (χ4v) is 3.94. The summed E-state index contributed by atoms with van der Waals surface area (Å²) in [5, 5.41) is 12.5. The van der Waals surface area contributed by atoms with Gasteiger partial charge < -0.3 is 14.8 Å². The highest BCUT2D eigenvalue weighted by Crippen LogP contribution is 2.31. The van der Waals surface area contributed by atoms with Gasteiger partial charge in [-0.25, -0.2) is 9.79 Å². The van der Waals surface area contributed by atoms with Crippen molar-refractivity contribution in [3.05, 3.63) is 81.4 Å². The predicted octanol–water partition coefficient (Wildman–Crippen LogP) is 5.30. The Balaban J connectivity index is 1.58. The van der Waals surface area contributed by atoms with Crippen molar-refractivity contribution in [2.75, 3.05) is 0 Å². The number of halogens is 1. The van der Waals surface area contributed by atoms with Crippen molar-refractivity contribution >= 4 is 56.5 Å². The number of nitrogens with zero attached hydrogens (tertiary/aromatic N) is 1. The number of carbonyl (C=O) groups excluding carboxylic acids is 1. The van der Waals surface area contributed by atoms with Crippen LogP contribution >= 0.6 is 27.7 Å². The average Bonchev–Trinajstić information content (AvgIpc) is 3.29. The Bertz CT molecular complexity index is 1180. The Morgan fingerprint density at radius 3 is 2.76 bits per heavy atom. The van der Waals surface area contributed by atoms with E-state index in [1.54, 1.807) is 36.4 Å². The third-order valence-corrected chi connectivity index (χ3v) is 5.42. The molecule has 1 aliphatic rings. The van der Waals surface area contributed by atoms with Crippen LogP contribution in [0.2, 0.25) is 0 Å². The van der Waals surface area contributed by atoms with Crippen molar-refractivity contribution in [2.24, 2.45) is 4.99 Å². The molecule has 0 spiro atoms. The van der Waals surface area contributed by atoms with Gasteiger partial charge >= 0.3 is 5.97 Å². The molecule has 0 atom stereocenters. The predicted molar refractivity (Wildman–Crippen MR) is 116 cm³/mol. The van der Waals surface area contributed by atoms with Gasteiger partial charge in [0.2, 0.25) is 0 Å². The number of rotatable bonds is 4. The number of nitrogens with one attached hydrogen (secondary N) is 1. The first-order valence-electron chi connectivity index (χ1n) is 8.47. The van der Waals surface area contributed by atoms with Crippen molar-refractivity contribution < 1.29 is 19.1 Å². The van der Waals surface area contributed by atoms with E-state index < -0.39 is 5.97 Å². The van der Waals surface area contributed by atoms with Crippen molar-refractivity contribution in [3.63, 3.8) is 0 Å². The molecule has 6 nitrogen and oxygen atoms in total. The fourth-order valence-electron chi connectivity index (χ4n) is 2.73. The van der Waals surface area contributed by atoms with Crippen LogP contribution in [0.25, 0.3) is 17.4 Å². The monoisotopic (exact) mass is 468 g/mol. The van der Waals surface area contributed by atoms with Crippen molar-refractivity contribution in [1.29, 1.82) is 0 Å². The second kappa shape index (κ2) is 8.10. The molecule has 2 aromatic carbocycles. The van der Waals surface area contributed by atoms with E-state index in [1.807, 2.05) is 24.3 Å². The van der Waals surface area contributed by atoms with Gasteiger partial charge in [0.1, 0.15) is 11.5 Å². The molecule has 0 radical (unpaired) electrons. The lowest BCUT2D eigenvalue weighted by Gasteiger charge is -2.02. The maximum absolute atomic E-state index is 12.3. The summed E-state index contributed by atoms with van der Waals surface area (Å²) in [6.45, 7) is 0. The molecule has 1 amide bonds. The van der Waals surface area contributed by atoms with Crippen molar-refractivity contribution in [2.45, 2.75) is 0 Å². The third-order valence-electron chi connectivity index (χ3n) is 4.01. The molecular formula is C21H13BrN2O4S. The molecule has 3 aromatic rings. The number of aromatic carboxylic acids is 1. The maximum Gasteiger partial charge on any atom is 0.336 e. The standard InChI is InChI=1S/C21H13BrN2O4S/c22-12-4-3-5-13(10-12)23-21-24-19(25)18(29-21)11-14-8-9-17(28-14)15-6-1-2-7-16(15)20(26)27/h1-11H,(H,26,27)(H,23,24,25)/b18-11+. The first-order valence-corrected chi connectivity index (χ1v) is 10.1. The van der Waals surface area contributed by atoms with Crippen LogP contribution in [0.5, 0.6) is 0 Å². The summed E-state index contributed by atoms with van der Waals surface area (Å²) in [6, 6.07) is 17.4. The zero-order chi connectivity index (χ0) is 20.4. The SMILES string of the molecule is O=C1NC(=Nc2cccc(Br)c2)S/C1=C/c1ccc(-c2ccccc2C(=O)O)o1. The molecule has 0 bridgehead atoms. The lowest BCUT2D eigenvalue weighted by molar-refractivity contribution is -0.115. The zero-order valence-electron chi connectivity index (χ0n) is 14.8. The highest BCUT2D eigenvalue weighted by atomic mass is 79.9. The Kier molecular flexibility index (Phi) is 5.37. The first-order chi connectivity index (χ1) is 14.0. The summed E-state index contributed by atoms with van der Waals surface area (Å²) in [4.78, 5) is 28.5. The molecule has 29 heavy (non-hydrogen) atoms. The quantitative estimate of drug-likeness (QED) is 0.506. The lowest BCUT2D eigenvalue weighted by atomic mass is 10.1. The Hall–Kier alpha value is -3.10. The Morgan fingerprint density at radius 2 is 1.97 bits per heavy atom. The molecule has 1 saturated heterocycles. The molecule has 1 aromatic heterocycles. The van der Waals surface area contributed by atoms with Crippen LogP contribution in [0.3, 0.4) is 0 Å². The Morgan fingerprint density at radius 1 is 1.14 bits per heavy atom. The van der Waals surface area contributed by atoms with Crippen LogP contribution in [-0.4, -0.2) is 22.2 Å². The average molecular weight is 469 g/mol. The van der Waals surface area contributed by atoms with Gasteiger partial charge in [0, 0.05) is 16.1 Å². The number of amidine groups is 1. The van der Waals surface area contributed by atoms with E-state index in [2.05, 4.69) is 26.2 Å². The minimum atomic E-state index is -1.03. The second-order valence-electron chi connectivity index (χ2n) is 6.01. The summed E-state index contributed by atoms with van der Waals surface area (Å²) in [6.07, 6.45) is 1.61. The summed E-state index contributed by atoms with van der Waals surface area (Å²) in [7, 11) is 0. The summed E-state index contributed by atoms with van der Waals surface area (Å²) >= 11 is 4.60. The van der Waals surface area contributed by atoms with Crippen LogP contribution in [0.15, 0.2) is 79.5 Å². The molecule has 8 heteroatoms. The van der Waals surface area contributed by atoms with E-state index in [0.717, 1.165) is 4.47 Å².